The number of nitrogens with zero attached hydrogens (tertiary/aromatic N) is 1. The molecular formula is C20H42NO3P. The topological polar surface area (TPSA) is 49.8 Å². The summed E-state index contributed by atoms with van der Waals surface area (Å²) in [6.45, 7) is 10.9. The van der Waals surface area contributed by atoms with Crippen LogP contribution in [-0.2, 0) is 9.32 Å². The third kappa shape index (κ3) is 13.8. The second-order valence-electron chi connectivity index (χ2n) is 7.52. The molecule has 0 rings (SSSR count). The van der Waals surface area contributed by atoms with Crippen molar-refractivity contribution in [2.75, 3.05) is 6.61 Å². The van der Waals surface area contributed by atoms with Crippen LogP contribution in [0.3, 0.4) is 0 Å². The normalized spacial score (nSPS) is 13.2. The van der Waals surface area contributed by atoms with Gasteiger partial charge in [0.2, 0.25) is 0 Å². The van der Waals surface area contributed by atoms with Gasteiger partial charge in [0, 0.05) is 24.9 Å². The first-order chi connectivity index (χ1) is 11.9. The lowest BCUT2D eigenvalue weighted by atomic mass is 10.0. The highest BCUT2D eigenvalue weighted by Crippen LogP contribution is 2.40. The van der Waals surface area contributed by atoms with E-state index in [1.165, 1.54) is 44.9 Å². The van der Waals surface area contributed by atoms with Crippen LogP contribution in [0.1, 0.15) is 105 Å². The van der Waals surface area contributed by atoms with Crippen molar-refractivity contribution < 1.29 is 14.2 Å². The maximum Gasteiger partial charge on any atom is 0.256 e. The lowest BCUT2D eigenvalue weighted by molar-refractivity contribution is -0.119. The standard InChI is InChI=1S/C20H42NO3P/c1-6-7-8-9-10-11-12-13-15-20(22)16-14-17-24-25(23)21(18(2)3)19(4)5/h18-19,23H,6-17H2,1-5H3. The number of carbonyl (C=O) groups is 1. The first-order valence-corrected chi connectivity index (χ1v) is 11.5. The van der Waals surface area contributed by atoms with Gasteiger partial charge in [-0.15, -0.1) is 0 Å². The Morgan fingerprint density at radius 2 is 1.36 bits per heavy atom. The summed E-state index contributed by atoms with van der Waals surface area (Å²) >= 11 is 0. The van der Waals surface area contributed by atoms with Crippen molar-refractivity contribution >= 4 is 14.3 Å². The molecule has 1 atom stereocenters. The van der Waals surface area contributed by atoms with Gasteiger partial charge >= 0.3 is 0 Å². The molecular weight excluding hydrogens is 333 g/mol. The molecule has 0 heterocycles. The Bertz CT molecular complexity index is 316. The van der Waals surface area contributed by atoms with Gasteiger partial charge in [-0.25, -0.2) is 4.67 Å². The number of Topliss-reactive ketones (excluding diaryl/α,β-unsaturated/α-hetero) is 1. The van der Waals surface area contributed by atoms with E-state index in [1.54, 1.807) is 0 Å². The Labute approximate surface area is 157 Å². The minimum Gasteiger partial charge on any atom is -0.338 e. The van der Waals surface area contributed by atoms with E-state index in [9.17, 15) is 9.69 Å². The molecule has 0 bridgehead atoms. The van der Waals surface area contributed by atoms with Crippen LogP contribution in [0.5, 0.6) is 0 Å². The van der Waals surface area contributed by atoms with Gasteiger partial charge in [-0.2, -0.15) is 0 Å². The molecule has 0 aromatic carbocycles. The molecule has 0 spiro atoms. The van der Waals surface area contributed by atoms with E-state index in [1.807, 2.05) is 4.67 Å². The van der Waals surface area contributed by atoms with Gasteiger partial charge in [-0.3, -0.25) is 4.79 Å². The Morgan fingerprint density at radius 1 is 0.880 bits per heavy atom. The van der Waals surface area contributed by atoms with Crippen LogP contribution in [0, 0.1) is 0 Å². The fraction of sp³-hybridized carbons (Fsp3) is 0.950. The molecule has 0 fully saturated rings. The fourth-order valence-electron chi connectivity index (χ4n) is 3.05. The quantitative estimate of drug-likeness (QED) is 0.242. The van der Waals surface area contributed by atoms with E-state index in [0.717, 1.165) is 6.42 Å². The molecule has 25 heavy (non-hydrogen) atoms. The summed E-state index contributed by atoms with van der Waals surface area (Å²) in [6, 6.07) is 0.499. The molecule has 0 saturated carbocycles. The van der Waals surface area contributed by atoms with Gasteiger partial charge in [0.1, 0.15) is 5.78 Å². The maximum atomic E-state index is 11.9. The Balaban J connectivity index is 3.60. The molecule has 0 aliphatic rings. The number of rotatable bonds is 17. The summed E-state index contributed by atoms with van der Waals surface area (Å²) in [5.41, 5.74) is 0. The van der Waals surface area contributed by atoms with Crippen LogP contribution in [0.15, 0.2) is 0 Å². The van der Waals surface area contributed by atoms with Crippen molar-refractivity contribution in [3.63, 3.8) is 0 Å². The molecule has 0 aromatic heterocycles. The SMILES string of the molecule is CCCCCCCCCCC(=O)CCCOP(O)N(C(C)C)C(C)C. The molecule has 0 amide bonds. The largest absolute Gasteiger partial charge is 0.338 e. The number of hydrogen-bond donors (Lipinski definition) is 1. The number of carbonyl (C=O) groups excluding carboxylic acids is 1. The first-order valence-electron chi connectivity index (χ1n) is 10.3. The van der Waals surface area contributed by atoms with Crippen molar-refractivity contribution in [2.24, 2.45) is 0 Å². The average molecular weight is 376 g/mol. The summed E-state index contributed by atoms with van der Waals surface area (Å²) in [6.07, 6.45) is 12.1. The third-order valence-corrected chi connectivity index (χ3v) is 6.10. The summed E-state index contributed by atoms with van der Waals surface area (Å²) in [5.74, 6) is 0.335. The van der Waals surface area contributed by atoms with E-state index in [0.29, 0.717) is 31.7 Å². The van der Waals surface area contributed by atoms with Crippen molar-refractivity contribution in [1.29, 1.82) is 0 Å². The third-order valence-electron chi connectivity index (χ3n) is 4.37. The van der Waals surface area contributed by atoms with Crippen LogP contribution in [0.25, 0.3) is 0 Å². The lowest BCUT2D eigenvalue weighted by Gasteiger charge is -2.32. The molecule has 4 nitrogen and oxygen atoms in total. The van der Waals surface area contributed by atoms with Crippen molar-refractivity contribution in [3.05, 3.63) is 0 Å². The number of hydrogen-bond acceptors (Lipinski definition) is 4. The molecule has 150 valence electrons. The molecule has 0 radical (unpaired) electrons. The Kier molecular flexibility index (Phi) is 16.2. The Hall–Kier alpha value is -0.0200. The minimum atomic E-state index is -1.55. The van der Waals surface area contributed by atoms with Gasteiger partial charge in [0.25, 0.3) is 8.53 Å². The minimum absolute atomic E-state index is 0.250. The molecule has 0 aliphatic heterocycles. The summed E-state index contributed by atoms with van der Waals surface area (Å²) in [4.78, 5) is 22.1. The molecule has 1 N–H and O–H groups in total. The van der Waals surface area contributed by atoms with E-state index in [2.05, 4.69) is 34.6 Å². The first kappa shape index (κ1) is 25.0. The van der Waals surface area contributed by atoms with Crippen LogP contribution >= 0.6 is 8.53 Å². The van der Waals surface area contributed by atoms with Gasteiger partial charge in [0.05, 0.1) is 6.61 Å². The summed E-state index contributed by atoms with van der Waals surface area (Å²) in [7, 11) is -1.55. The average Bonchev–Trinajstić information content (AvgIpc) is 2.53. The predicted octanol–water partition coefficient (Wildman–Crippen LogP) is 6.22. The van der Waals surface area contributed by atoms with Crippen LogP contribution < -0.4 is 0 Å². The zero-order chi connectivity index (χ0) is 19.1. The highest BCUT2D eigenvalue weighted by Gasteiger charge is 2.23. The van der Waals surface area contributed by atoms with Gasteiger partial charge in [0.15, 0.2) is 0 Å². The highest BCUT2D eigenvalue weighted by molar-refractivity contribution is 7.43. The second kappa shape index (κ2) is 16.2. The predicted molar refractivity (Wildman–Crippen MR) is 109 cm³/mol. The molecule has 5 heteroatoms. The Morgan fingerprint density at radius 3 is 1.88 bits per heavy atom. The van der Waals surface area contributed by atoms with Crippen LogP contribution in [0.2, 0.25) is 0 Å². The van der Waals surface area contributed by atoms with Crippen molar-refractivity contribution in [3.8, 4) is 0 Å². The van der Waals surface area contributed by atoms with Gasteiger partial charge in [-0.05, 0) is 40.5 Å². The van der Waals surface area contributed by atoms with E-state index in [-0.39, 0.29) is 12.1 Å². The summed E-state index contributed by atoms with van der Waals surface area (Å²) in [5, 5.41) is 0. The van der Waals surface area contributed by atoms with Crippen molar-refractivity contribution in [1.82, 2.24) is 4.67 Å². The molecule has 0 saturated heterocycles. The monoisotopic (exact) mass is 375 g/mol. The van der Waals surface area contributed by atoms with Crippen molar-refractivity contribution in [2.45, 2.75) is 117 Å². The van der Waals surface area contributed by atoms with E-state index in [4.69, 9.17) is 4.52 Å². The van der Waals surface area contributed by atoms with Crippen LogP contribution in [0.4, 0.5) is 0 Å². The number of ketones is 1. The lowest BCUT2D eigenvalue weighted by Crippen LogP contribution is -2.32. The van der Waals surface area contributed by atoms with Gasteiger partial charge in [-0.1, -0.05) is 51.9 Å². The fourth-order valence-corrected chi connectivity index (χ4v) is 4.27. The van der Waals surface area contributed by atoms with Crippen LogP contribution in [-0.4, -0.2) is 34.0 Å². The molecule has 0 aromatic rings. The highest BCUT2D eigenvalue weighted by atomic mass is 31.2. The maximum absolute atomic E-state index is 11.9. The zero-order valence-electron chi connectivity index (χ0n) is 17.3. The summed E-state index contributed by atoms with van der Waals surface area (Å²) < 4.78 is 7.54. The second-order valence-corrected chi connectivity index (χ2v) is 8.75. The molecule has 1 unspecified atom stereocenters. The van der Waals surface area contributed by atoms with Gasteiger partial charge < -0.3 is 9.42 Å². The molecule has 0 aliphatic carbocycles. The van der Waals surface area contributed by atoms with E-state index >= 15 is 0 Å². The van der Waals surface area contributed by atoms with E-state index < -0.39 is 8.53 Å². The number of unbranched alkanes of at least 4 members (excludes halogenated alkanes) is 7. The zero-order valence-corrected chi connectivity index (χ0v) is 18.2. The smallest absolute Gasteiger partial charge is 0.256 e.